The van der Waals surface area contributed by atoms with Crippen LogP contribution in [0.3, 0.4) is 0 Å². The van der Waals surface area contributed by atoms with E-state index in [4.69, 9.17) is 14.2 Å². The van der Waals surface area contributed by atoms with Crippen molar-refractivity contribution >= 4 is 17.6 Å². The Balaban J connectivity index is 1.78. The van der Waals surface area contributed by atoms with E-state index in [-0.39, 0.29) is 36.8 Å². The van der Waals surface area contributed by atoms with Crippen molar-refractivity contribution in [3.8, 4) is 11.5 Å². The highest BCUT2D eigenvalue weighted by molar-refractivity contribution is 5.96. The van der Waals surface area contributed by atoms with E-state index in [1.807, 2.05) is 32.0 Å². The number of ether oxygens (including phenoxy) is 3. The van der Waals surface area contributed by atoms with Crippen molar-refractivity contribution < 1.29 is 28.7 Å². The number of nitrogens with zero attached hydrogens (tertiary/aromatic N) is 1. The molecular formula is C20H22N2O7. The molecule has 29 heavy (non-hydrogen) atoms. The second kappa shape index (κ2) is 10.1. The van der Waals surface area contributed by atoms with Gasteiger partial charge in [0.1, 0.15) is 25.5 Å². The molecule has 0 aliphatic carbocycles. The Morgan fingerprint density at radius 3 is 2.38 bits per heavy atom. The van der Waals surface area contributed by atoms with Gasteiger partial charge >= 0.3 is 11.7 Å². The fourth-order valence-electron chi connectivity index (χ4n) is 2.61. The summed E-state index contributed by atoms with van der Waals surface area (Å²) in [7, 11) is 1.29. The Morgan fingerprint density at radius 1 is 1.07 bits per heavy atom. The SMILES string of the molecule is COc1ccc(C(=O)NCC(=O)OCCOc2cc(C)cc(C)c2)cc1[N+](=O)[O-]. The first kappa shape index (κ1) is 21.7. The zero-order valence-electron chi connectivity index (χ0n) is 16.4. The maximum absolute atomic E-state index is 12.1. The van der Waals surface area contributed by atoms with E-state index < -0.39 is 16.8 Å². The molecule has 2 aromatic rings. The van der Waals surface area contributed by atoms with E-state index in [9.17, 15) is 19.7 Å². The third-order valence-corrected chi connectivity index (χ3v) is 3.84. The molecule has 0 radical (unpaired) electrons. The van der Waals surface area contributed by atoms with Gasteiger partial charge in [0, 0.05) is 11.6 Å². The fourth-order valence-corrected chi connectivity index (χ4v) is 2.61. The summed E-state index contributed by atoms with van der Waals surface area (Å²) >= 11 is 0. The molecule has 0 aromatic heterocycles. The number of carbonyl (C=O) groups excluding carboxylic acids is 2. The van der Waals surface area contributed by atoms with E-state index in [1.54, 1.807) is 0 Å². The van der Waals surface area contributed by atoms with Gasteiger partial charge in [-0.25, -0.2) is 0 Å². The van der Waals surface area contributed by atoms with Crippen LogP contribution in [0, 0.1) is 24.0 Å². The molecular weight excluding hydrogens is 380 g/mol. The second-order valence-electron chi connectivity index (χ2n) is 6.22. The first-order valence-corrected chi connectivity index (χ1v) is 8.77. The van der Waals surface area contributed by atoms with Gasteiger partial charge in [0.2, 0.25) is 0 Å². The Labute approximate surface area is 167 Å². The quantitative estimate of drug-likeness (QED) is 0.296. The van der Waals surface area contributed by atoms with Crippen molar-refractivity contribution in [1.82, 2.24) is 5.32 Å². The number of methoxy groups -OCH3 is 1. The molecule has 9 heteroatoms. The van der Waals surface area contributed by atoms with Gasteiger partial charge in [-0.05, 0) is 49.2 Å². The molecule has 0 aliphatic rings. The van der Waals surface area contributed by atoms with Crippen molar-refractivity contribution in [1.29, 1.82) is 0 Å². The van der Waals surface area contributed by atoms with Crippen LogP contribution in [0.25, 0.3) is 0 Å². The third-order valence-electron chi connectivity index (χ3n) is 3.84. The standard InChI is InChI=1S/C20H22N2O7/c1-13-8-14(2)10-16(9-13)28-6-7-29-19(23)12-21-20(24)15-4-5-18(27-3)17(11-15)22(25)26/h4-5,8-11H,6-7,12H2,1-3H3,(H,21,24). The smallest absolute Gasteiger partial charge is 0.325 e. The molecule has 0 atom stereocenters. The number of nitrogens with one attached hydrogen (secondary N) is 1. The molecule has 0 unspecified atom stereocenters. The topological polar surface area (TPSA) is 117 Å². The van der Waals surface area contributed by atoms with Crippen LogP contribution in [0.4, 0.5) is 5.69 Å². The fraction of sp³-hybridized carbons (Fsp3) is 0.300. The summed E-state index contributed by atoms with van der Waals surface area (Å²) in [6, 6.07) is 9.54. The predicted molar refractivity (Wildman–Crippen MR) is 104 cm³/mol. The van der Waals surface area contributed by atoms with Gasteiger partial charge in [0.25, 0.3) is 5.91 Å². The molecule has 0 saturated carbocycles. The maximum atomic E-state index is 12.1. The summed E-state index contributed by atoms with van der Waals surface area (Å²) < 4.78 is 15.4. The molecule has 1 amide bonds. The molecule has 154 valence electrons. The lowest BCUT2D eigenvalue weighted by Gasteiger charge is -2.10. The molecule has 1 N–H and O–H groups in total. The van der Waals surface area contributed by atoms with E-state index in [0.717, 1.165) is 17.2 Å². The number of hydrogen-bond acceptors (Lipinski definition) is 7. The number of aryl methyl sites for hydroxylation is 2. The summed E-state index contributed by atoms with van der Waals surface area (Å²) in [6.07, 6.45) is 0. The predicted octanol–water partition coefficient (Wildman–Crippen LogP) is 2.57. The highest BCUT2D eigenvalue weighted by Crippen LogP contribution is 2.27. The monoisotopic (exact) mass is 402 g/mol. The number of rotatable bonds is 9. The Bertz CT molecular complexity index is 891. The lowest BCUT2D eigenvalue weighted by molar-refractivity contribution is -0.385. The average Bonchev–Trinajstić information content (AvgIpc) is 2.68. The van der Waals surface area contributed by atoms with Crippen molar-refractivity contribution in [2.75, 3.05) is 26.9 Å². The van der Waals surface area contributed by atoms with E-state index in [2.05, 4.69) is 5.32 Å². The van der Waals surface area contributed by atoms with Crippen molar-refractivity contribution in [3.05, 3.63) is 63.2 Å². The average molecular weight is 402 g/mol. The first-order valence-electron chi connectivity index (χ1n) is 8.77. The Morgan fingerprint density at radius 2 is 1.76 bits per heavy atom. The van der Waals surface area contributed by atoms with E-state index in [0.29, 0.717) is 5.75 Å². The third kappa shape index (κ3) is 6.49. The van der Waals surface area contributed by atoms with Gasteiger partial charge in [0.15, 0.2) is 5.75 Å². The molecule has 0 fully saturated rings. The van der Waals surface area contributed by atoms with Crippen LogP contribution in [-0.4, -0.2) is 43.7 Å². The minimum Gasteiger partial charge on any atom is -0.490 e. The molecule has 0 bridgehead atoms. The molecule has 0 aliphatic heterocycles. The van der Waals surface area contributed by atoms with Crippen LogP contribution >= 0.6 is 0 Å². The van der Waals surface area contributed by atoms with Crippen LogP contribution < -0.4 is 14.8 Å². The minimum absolute atomic E-state index is 0.0235. The zero-order chi connectivity index (χ0) is 21.4. The second-order valence-corrected chi connectivity index (χ2v) is 6.22. The highest BCUT2D eigenvalue weighted by Gasteiger charge is 2.18. The molecule has 0 spiro atoms. The van der Waals surface area contributed by atoms with Crippen LogP contribution in [0.2, 0.25) is 0 Å². The number of nitro groups is 1. The van der Waals surface area contributed by atoms with Crippen molar-refractivity contribution in [3.63, 3.8) is 0 Å². The summed E-state index contributed by atoms with van der Waals surface area (Å²) in [5.41, 5.74) is 1.83. The largest absolute Gasteiger partial charge is 0.490 e. The van der Waals surface area contributed by atoms with Gasteiger partial charge in [-0.1, -0.05) is 6.07 Å². The molecule has 9 nitrogen and oxygen atoms in total. The number of nitro benzene ring substituents is 1. The van der Waals surface area contributed by atoms with Crippen molar-refractivity contribution in [2.45, 2.75) is 13.8 Å². The van der Waals surface area contributed by atoms with Crippen LogP contribution in [-0.2, 0) is 9.53 Å². The van der Waals surface area contributed by atoms with E-state index >= 15 is 0 Å². The number of amides is 1. The zero-order valence-corrected chi connectivity index (χ0v) is 16.4. The van der Waals surface area contributed by atoms with Gasteiger partial charge in [-0.15, -0.1) is 0 Å². The van der Waals surface area contributed by atoms with Gasteiger partial charge in [-0.3, -0.25) is 19.7 Å². The van der Waals surface area contributed by atoms with Gasteiger partial charge < -0.3 is 19.5 Å². The van der Waals surface area contributed by atoms with E-state index in [1.165, 1.54) is 19.2 Å². The van der Waals surface area contributed by atoms with Crippen LogP contribution in [0.15, 0.2) is 36.4 Å². The number of hydrogen-bond donors (Lipinski definition) is 1. The van der Waals surface area contributed by atoms with Crippen molar-refractivity contribution in [2.24, 2.45) is 0 Å². The Kier molecular flexibility index (Phi) is 7.53. The number of carbonyl (C=O) groups is 2. The molecule has 2 rings (SSSR count). The van der Waals surface area contributed by atoms with Gasteiger partial charge in [0.05, 0.1) is 12.0 Å². The lowest BCUT2D eigenvalue weighted by Crippen LogP contribution is -2.31. The molecule has 0 heterocycles. The summed E-state index contributed by atoms with van der Waals surface area (Å²) in [4.78, 5) is 34.2. The normalized spacial score (nSPS) is 10.2. The minimum atomic E-state index is -0.653. The van der Waals surface area contributed by atoms with Gasteiger partial charge in [-0.2, -0.15) is 0 Å². The van der Waals surface area contributed by atoms with Crippen LogP contribution in [0.1, 0.15) is 21.5 Å². The molecule has 0 saturated heterocycles. The van der Waals surface area contributed by atoms with Crippen LogP contribution in [0.5, 0.6) is 11.5 Å². The summed E-state index contributed by atoms with van der Waals surface area (Å²) in [5.74, 6) is -0.563. The molecule has 2 aromatic carbocycles. The lowest BCUT2D eigenvalue weighted by atomic mass is 10.1. The Hall–Kier alpha value is -3.62. The number of benzene rings is 2. The number of esters is 1. The summed E-state index contributed by atoms with van der Waals surface area (Å²) in [5, 5.41) is 13.4. The highest BCUT2D eigenvalue weighted by atomic mass is 16.6. The summed E-state index contributed by atoms with van der Waals surface area (Å²) in [6.45, 7) is 3.74. The first-order chi connectivity index (χ1) is 13.8. The maximum Gasteiger partial charge on any atom is 0.325 e.